The third-order valence-electron chi connectivity index (χ3n) is 4.13. The molecule has 4 nitrogen and oxygen atoms in total. The van der Waals surface area contributed by atoms with Crippen molar-refractivity contribution in [1.29, 1.82) is 0 Å². The molecule has 1 aliphatic heterocycles. The van der Waals surface area contributed by atoms with Crippen LogP contribution in [0.3, 0.4) is 0 Å². The van der Waals surface area contributed by atoms with Gasteiger partial charge in [-0.2, -0.15) is 5.10 Å². The molecule has 1 saturated heterocycles. The molecule has 1 aliphatic rings. The second-order valence-electron chi connectivity index (χ2n) is 5.90. The van der Waals surface area contributed by atoms with Gasteiger partial charge in [-0.05, 0) is 30.0 Å². The highest BCUT2D eigenvalue weighted by Gasteiger charge is 2.37. The number of amidine groups is 1. The maximum Gasteiger partial charge on any atom is 0.242 e. The van der Waals surface area contributed by atoms with Crippen molar-refractivity contribution >= 4 is 29.1 Å². The smallest absolute Gasteiger partial charge is 0.242 e. The van der Waals surface area contributed by atoms with Crippen LogP contribution in [0.5, 0.6) is 0 Å². The van der Waals surface area contributed by atoms with E-state index in [1.807, 2.05) is 49.4 Å². The molecular weight excluding hydrogens is 330 g/mol. The summed E-state index contributed by atoms with van der Waals surface area (Å²) in [6, 6.07) is 17.9. The Labute approximate surface area is 152 Å². The van der Waals surface area contributed by atoms with Gasteiger partial charge in [0.25, 0.3) is 0 Å². The summed E-state index contributed by atoms with van der Waals surface area (Å²) in [4.78, 5) is 14.4. The summed E-state index contributed by atoms with van der Waals surface area (Å²) in [6.45, 7) is 4.62. The van der Waals surface area contributed by atoms with Crippen LogP contribution < -0.4 is 0 Å². The summed E-state index contributed by atoms with van der Waals surface area (Å²) < 4.78 is 0. The second-order valence-corrected chi connectivity index (χ2v) is 7.07. The van der Waals surface area contributed by atoms with E-state index in [2.05, 4.69) is 29.3 Å². The molecule has 1 atom stereocenters. The van der Waals surface area contributed by atoms with Crippen molar-refractivity contribution in [2.24, 2.45) is 10.2 Å². The highest BCUT2D eigenvalue weighted by atomic mass is 32.2. The molecule has 1 heterocycles. The Morgan fingerprint density at radius 3 is 2.56 bits per heavy atom. The molecule has 2 aromatic carbocycles. The van der Waals surface area contributed by atoms with Gasteiger partial charge >= 0.3 is 0 Å². The third-order valence-corrected chi connectivity index (χ3v) is 5.46. The molecule has 1 fully saturated rings. The van der Waals surface area contributed by atoms with Gasteiger partial charge in [0.15, 0.2) is 5.17 Å². The zero-order valence-electron chi connectivity index (χ0n) is 14.4. The summed E-state index contributed by atoms with van der Waals surface area (Å²) in [5.41, 5.74) is 3.29. The topological polar surface area (TPSA) is 45.0 Å². The van der Waals surface area contributed by atoms with E-state index in [0.29, 0.717) is 11.7 Å². The number of rotatable bonds is 5. The number of carbonyl (C=O) groups excluding carboxylic acids is 1. The lowest BCUT2D eigenvalue weighted by molar-refractivity contribution is -0.126. The lowest BCUT2D eigenvalue weighted by Crippen LogP contribution is -2.31. The van der Waals surface area contributed by atoms with Gasteiger partial charge in [0.05, 0.1) is 18.0 Å². The largest absolute Gasteiger partial charge is 0.284 e. The molecule has 0 aliphatic carbocycles. The molecule has 0 saturated carbocycles. The summed E-state index contributed by atoms with van der Waals surface area (Å²) in [5.74, 6) is 0.115. The number of nitrogens with zero attached hydrogens (tertiary/aromatic N) is 3. The Morgan fingerprint density at radius 1 is 1.12 bits per heavy atom. The molecular formula is C20H21N3OS. The number of hydrogen-bond donors (Lipinski definition) is 0. The predicted octanol–water partition coefficient (Wildman–Crippen LogP) is 4.24. The molecule has 0 unspecified atom stereocenters. The van der Waals surface area contributed by atoms with E-state index in [-0.39, 0.29) is 11.2 Å². The number of thioether (sulfide) groups is 1. The summed E-state index contributed by atoms with van der Waals surface area (Å²) in [7, 11) is 0. The molecule has 5 heteroatoms. The first-order chi connectivity index (χ1) is 12.2. The van der Waals surface area contributed by atoms with Crippen LogP contribution in [0.4, 0.5) is 0 Å². The van der Waals surface area contributed by atoms with E-state index in [0.717, 1.165) is 17.5 Å². The molecule has 0 spiro atoms. The van der Waals surface area contributed by atoms with E-state index in [1.165, 1.54) is 17.3 Å². The van der Waals surface area contributed by atoms with E-state index < -0.39 is 0 Å². The molecule has 2 aromatic rings. The van der Waals surface area contributed by atoms with Crippen LogP contribution in [0.25, 0.3) is 0 Å². The van der Waals surface area contributed by atoms with E-state index in [4.69, 9.17) is 0 Å². The van der Waals surface area contributed by atoms with Crippen LogP contribution in [-0.4, -0.2) is 27.4 Å². The van der Waals surface area contributed by atoms with Gasteiger partial charge in [0, 0.05) is 0 Å². The minimum absolute atomic E-state index is 0.0744. The van der Waals surface area contributed by atoms with Gasteiger partial charge < -0.3 is 0 Å². The van der Waals surface area contributed by atoms with Gasteiger partial charge in [-0.25, -0.2) is 0 Å². The number of hydrogen-bond acceptors (Lipinski definition) is 4. The fourth-order valence-electron chi connectivity index (χ4n) is 2.63. The number of amides is 1. The van der Waals surface area contributed by atoms with Crippen LogP contribution in [0.1, 0.15) is 30.0 Å². The molecule has 0 radical (unpaired) electrons. The summed E-state index contributed by atoms with van der Waals surface area (Å²) in [5, 5.41) is 9.12. The van der Waals surface area contributed by atoms with Crippen molar-refractivity contribution in [2.45, 2.75) is 32.1 Å². The average molecular weight is 351 g/mol. The maximum absolute atomic E-state index is 12.7. The quantitative estimate of drug-likeness (QED) is 0.597. The molecule has 128 valence electrons. The standard InChI is InChI=1S/C20H21N3OS/c1-3-18-19(24)23(14-17-12-8-7-9-15(17)2)20(25-18)22-21-13-16-10-5-4-6-11-16/h4-13,18H,3,14H2,1-2H3/b21-13-,22-20+/t18-/m1/s1. The lowest BCUT2D eigenvalue weighted by atomic mass is 10.1. The van der Waals surface area contributed by atoms with Gasteiger partial charge in [-0.1, -0.05) is 73.3 Å². The van der Waals surface area contributed by atoms with Crippen LogP contribution in [0.15, 0.2) is 64.8 Å². The van der Waals surface area contributed by atoms with Crippen LogP contribution in [0, 0.1) is 6.92 Å². The van der Waals surface area contributed by atoms with Crippen LogP contribution in [-0.2, 0) is 11.3 Å². The molecule has 0 N–H and O–H groups in total. The number of aryl methyl sites for hydroxylation is 1. The monoisotopic (exact) mass is 351 g/mol. The van der Waals surface area contributed by atoms with Gasteiger partial charge in [0.2, 0.25) is 5.91 Å². The normalized spacial score (nSPS) is 19.3. The fourth-order valence-corrected chi connectivity index (χ4v) is 3.66. The summed E-state index contributed by atoms with van der Waals surface area (Å²) >= 11 is 1.50. The highest BCUT2D eigenvalue weighted by molar-refractivity contribution is 8.15. The third kappa shape index (κ3) is 4.17. The first-order valence-corrected chi connectivity index (χ1v) is 9.25. The van der Waals surface area contributed by atoms with Crippen LogP contribution in [0.2, 0.25) is 0 Å². The Kier molecular flexibility index (Phi) is 5.66. The van der Waals surface area contributed by atoms with Crippen molar-refractivity contribution in [3.8, 4) is 0 Å². The molecule has 0 aromatic heterocycles. The Morgan fingerprint density at radius 2 is 1.84 bits per heavy atom. The maximum atomic E-state index is 12.7. The van der Waals surface area contributed by atoms with Gasteiger partial charge in [-0.15, -0.1) is 5.10 Å². The Hall–Kier alpha value is -2.40. The number of benzene rings is 2. The Bertz CT molecular complexity index is 802. The molecule has 0 bridgehead atoms. The van der Waals surface area contributed by atoms with E-state index >= 15 is 0 Å². The second kappa shape index (κ2) is 8.12. The summed E-state index contributed by atoms with van der Waals surface area (Å²) in [6.07, 6.45) is 2.50. The lowest BCUT2D eigenvalue weighted by Gasteiger charge is -2.17. The van der Waals surface area contributed by atoms with Crippen molar-refractivity contribution < 1.29 is 4.79 Å². The van der Waals surface area contributed by atoms with Gasteiger partial charge in [0.1, 0.15) is 0 Å². The SMILES string of the molecule is CC[C@H]1S/C(=N/N=C\c2ccccc2)N(Cc2ccccc2C)C1=O. The molecule has 25 heavy (non-hydrogen) atoms. The van der Waals surface area contributed by atoms with Crippen molar-refractivity contribution in [2.75, 3.05) is 0 Å². The highest BCUT2D eigenvalue weighted by Crippen LogP contribution is 2.31. The van der Waals surface area contributed by atoms with Crippen molar-refractivity contribution in [1.82, 2.24) is 4.90 Å². The predicted molar refractivity (Wildman–Crippen MR) is 105 cm³/mol. The number of carbonyl (C=O) groups is 1. The van der Waals surface area contributed by atoms with Gasteiger partial charge in [-0.3, -0.25) is 9.69 Å². The molecule has 1 amide bonds. The first-order valence-electron chi connectivity index (χ1n) is 8.37. The fraction of sp³-hybridized carbons (Fsp3) is 0.250. The minimum atomic E-state index is -0.0744. The zero-order chi connectivity index (χ0) is 17.6. The van der Waals surface area contributed by atoms with Crippen molar-refractivity contribution in [3.63, 3.8) is 0 Å². The van der Waals surface area contributed by atoms with Crippen LogP contribution >= 0.6 is 11.8 Å². The first kappa shape index (κ1) is 17.4. The van der Waals surface area contributed by atoms with E-state index in [9.17, 15) is 4.79 Å². The zero-order valence-corrected chi connectivity index (χ0v) is 15.2. The Balaban J connectivity index is 1.82. The van der Waals surface area contributed by atoms with E-state index in [1.54, 1.807) is 11.1 Å². The molecule has 3 rings (SSSR count). The van der Waals surface area contributed by atoms with Crippen molar-refractivity contribution in [3.05, 3.63) is 71.3 Å². The minimum Gasteiger partial charge on any atom is -0.284 e. The average Bonchev–Trinajstić information content (AvgIpc) is 2.93.